The summed E-state index contributed by atoms with van der Waals surface area (Å²) in [6.07, 6.45) is -2.19. The lowest BCUT2D eigenvalue weighted by atomic mass is 10.3. The first kappa shape index (κ1) is 11.1. The number of rotatable bonds is 0. The molecule has 1 aliphatic rings. The summed E-state index contributed by atoms with van der Waals surface area (Å²) in [5.74, 6) is -1.25. The van der Waals surface area contributed by atoms with Crippen molar-refractivity contribution < 1.29 is 8.78 Å². The minimum atomic E-state index is -2.39. The van der Waals surface area contributed by atoms with Crippen LogP contribution in [0.15, 0.2) is 10.9 Å². The van der Waals surface area contributed by atoms with E-state index < -0.39 is 25.7 Å². The fourth-order valence-corrected chi connectivity index (χ4v) is 2.32. The van der Waals surface area contributed by atoms with Crippen molar-refractivity contribution in [2.75, 3.05) is 0 Å². The molecule has 1 aliphatic carbocycles. The fraction of sp³-hybridized carbons (Fsp3) is 0.600. The molecule has 0 nitrogen and oxygen atoms in total. The predicted octanol–water partition coefficient (Wildman–Crippen LogP) is 4.11. The quantitative estimate of drug-likeness (QED) is 0.584. The summed E-state index contributed by atoms with van der Waals surface area (Å²) in [5, 5.41) is -0.705. The van der Waals surface area contributed by atoms with Crippen LogP contribution < -0.4 is 0 Å². The zero-order valence-corrected chi connectivity index (χ0v) is 9.00. The third-order valence-electron chi connectivity index (χ3n) is 1.41. The predicted molar refractivity (Wildman–Crippen MR) is 47.8 cm³/mol. The fourth-order valence-electron chi connectivity index (χ4n) is 0.743. The molecule has 0 N–H and O–H groups in total. The monoisotopic (exact) mass is 274 g/mol. The topological polar surface area (TPSA) is 0 Å². The molecule has 0 saturated heterocycles. The molecule has 0 aromatic carbocycles. The van der Waals surface area contributed by atoms with Crippen LogP contribution in [0.2, 0.25) is 0 Å². The number of hydrogen-bond donors (Lipinski definition) is 0. The molecule has 0 spiro atoms. The maximum atomic E-state index is 13.1. The van der Waals surface area contributed by atoms with E-state index in [9.17, 15) is 8.78 Å². The van der Waals surface area contributed by atoms with Crippen molar-refractivity contribution in [2.24, 2.45) is 0 Å². The van der Waals surface area contributed by atoms with Gasteiger partial charge in [-0.3, -0.25) is 0 Å². The molecule has 0 amide bonds. The standard InChI is InChI=1S/C5HCl5F2/c6-1-2(11)5(9,10)3(12)4(1,7)8/h3H. The summed E-state index contributed by atoms with van der Waals surface area (Å²) in [5.41, 5.74) is 0. The number of alkyl halides is 5. The Morgan fingerprint density at radius 2 is 1.50 bits per heavy atom. The van der Waals surface area contributed by atoms with E-state index >= 15 is 0 Å². The second kappa shape index (κ2) is 3.03. The average Bonchev–Trinajstić information content (AvgIpc) is 2.06. The van der Waals surface area contributed by atoms with Crippen molar-refractivity contribution in [1.82, 2.24) is 0 Å². The molecule has 1 unspecified atom stereocenters. The first-order chi connectivity index (χ1) is 5.22. The Bertz CT molecular complexity index is 222. The van der Waals surface area contributed by atoms with E-state index in [0.717, 1.165) is 0 Å². The first-order valence-electron chi connectivity index (χ1n) is 2.68. The normalized spacial score (nSPS) is 32.8. The highest BCUT2D eigenvalue weighted by atomic mass is 35.5. The van der Waals surface area contributed by atoms with Crippen LogP contribution >= 0.6 is 58.0 Å². The van der Waals surface area contributed by atoms with Crippen LogP contribution in [0.1, 0.15) is 0 Å². The van der Waals surface area contributed by atoms with Crippen LogP contribution in [-0.2, 0) is 0 Å². The lowest BCUT2D eigenvalue weighted by molar-refractivity contribution is 0.313. The van der Waals surface area contributed by atoms with E-state index in [-0.39, 0.29) is 0 Å². The maximum Gasteiger partial charge on any atom is 0.204 e. The summed E-state index contributed by atoms with van der Waals surface area (Å²) < 4.78 is 21.4. The van der Waals surface area contributed by atoms with Crippen LogP contribution in [0.3, 0.4) is 0 Å². The summed E-state index contributed by atoms with van der Waals surface area (Å²) >= 11 is 26.4. The Labute approximate surface area is 92.4 Å². The third-order valence-corrected chi connectivity index (χ3v) is 3.55. The molecule has 1 atom stereocenters. The Morgan fingerprint density at radius 1 is 1.08 bits per heavy atom. The minimum Gasteiger partial charge on any atom is -0.240 e. The highest BCUT2D eigenvalue weighted by Gasteiger charge is 2.61. The summed E-state index contributed by atoms with van der Waals surface area (Å²) in [6, 6.07) is 0. The number of halogens is 7. The van der Waals surface area contributed by atoms with Crippen molar-refractivity contribution in [3.05, 3.63) is 10.9 Å². The molecule has 0 aromatic rings. The summed E-state index contributed by atoms with van der Waals surface area (Å²) in [7, 11) is 0. The molecule has 0 saturated carbocycles. The van der Waals surface area contributed by atoms with E-state index in [1.807, 2.05) is 0 Å². The second-order valence-electron chi connectivity index (χ2n) is 2.24. The molecule has 7 heteroatoms. The van der Waals surface area contributed by atoms with Crippen LogP contribution in [0.25, 0.3) is 0 Å². The number of allylic oxidation sites excluding steroid dienone is 2. The van der Waals surface area contributed by atoms with Gasteiger partial charge in [0.2, 0.25) is 4.33 Å². The molecule has 0 heterocycles. The Balaban J connectivity index is 3.22. The minimum absolute atomic E-state index is 0.705. The van der Waals surface area contributed by atoms with Crippen LogP contribution in [0.5, 0.6) is 0 Å². The van der Waals surface area contributed by atoms with Gasteiger partial charge in [0.05, 0.1) is 5.03 Å². The van der Waals surface area contributed by atoms with Gasteiger partial charge in [-0.05, 0) is 0 Å². The Kier molecular flexibility index (Phi) is 2.81. The van der Waals surface area contributed by atoms with Crippen LogP contribution in [0.4, 0.5) is 8.78 Å². The number of hydrogen-bond acceptors (Lipinski definition) is 0. The third kappa shape index (κ3) is 1.32. The highest BCUT2D eigenvalue weighted by Crippen LogP contribution is 2.57. The zero-order chi connectivity index (χ0) is 9.73. The largest absolute Gasteiger partial charge is 0.240 e. The molecule has 70 valence electrons. The highest BCUT2D eigenvalue weighted by molar-refractivity contribution is 6.61. The average molecular weight is 276 g/mol. The SMILES string of the molecule is FC1=C(Cl)C(Cl)(Cl)C(F)C1(Cl)Cl. The van der Waals surface area contributed by atoms with E-state index in [0.29, 0.717) is 0 Å². The summed E-state index contributed by atoms with van der Waals surface area (Å²) in [4.78, 5) is 0. The second-order valence-corrected chi connectivity index (χ2v) is 5.39. The Morgan fingerprint density at radius 3 is 1.58 bits per heavy atom. The molecule has 0 radical (unpaired) electrons. The lowest BCUT2D eigenvalue weighted by Gasteiger charge is -2.21. The lowest BCUT2D eigenvalue weighted by Crippen LogP contribution is -2.34. The van der Waals surface area contributed by atoms with Gasteiger partial charge in [-0.25, -0.2) is 8.78 Å². The van der Waals surface area contributed by atoms with Gasteiger partial charge in [-0.1, -0.05) is 58.0 Å². The van der Waals surface area contributed by atoms with E-state index in [1.54, 1.807) is 0 Å². The smallest absolute Gasteiger partial charge is 0.204 e. The molecule has 0 aliphatic heterocycles. The van der Waals surface area contributed by atoms with Crippen molar-refractivity contribution in [1.29, 1.82) is 0 Å². The molecule has 0 fully saturated rings. The van der Waals surface area contributed by atoms with Gasteiger partial charge >= 0.3 is 0 Å². The molecule has 1 rings (SSSR count). The van der Waals surface area contributed by atoms with Crippen molar-refractivity contribution in [3.8, 4) is 0 Å². The van der Waals surface area contributed by atoms with E-state index in [1.165, 1.54) is 0 Å². The van der Waals surface area contributed by atoms with Crippen molar-refractivity contribution >= 4 is 58.0 Å². The van der Waals surface area contributed by atoms with Crippen LogP contribution in [0, 0.1) is 0 Å². The first-order valence-corrected chi connectivity index (χ1v) is 4.57. The van der Waals surface area contributed by atoms with E-state index in [4.69, 9.17) is 58.0 Å². The van der Waals surface area contributed by atoms with Gasteiger partial charge in [0.1, 0.15) is 0 Å². The van der Waals surface area contributed by atoms with Gasteiger partial charge in [-0.2, -0.15) is 0 Å². The van der Waals surface area contributed by atoms with Gasteiger partial charge in [0.25, 0.3) is 0 Å². The molecule has 12 heavy (non-hydrogen) atoms. The molecule has 0 bridgehead atoms. The molecular weight excluding hydrogens is 275 g/mol. The van der Waals surface area contributed by atoms with Gasteiger partial charge in [0, 0.05) is 0 Å². The maximum absolute atomic E-state index is 13.1. The van der Waals surface area contributed by atoms with E-state index in [2.05, 4.69) is 0 Å². The van der Waals surface area contributed by atoms with Crippen molar-refractivity contribution in [2.45, 2.75) is 14.8 Å². The Hall–Kier alpha value is 1.05. The van der Waals surface area contributed by atoms with Gasteiger partial charge in [0.15, 0.2) is 16.3 Å². The summed E-state index contributed by atoms with van der Waals surface area (Å²) in [6.45, 7) is 0. The molecular formula is C5HCl5F2. The molecule has 0 aromatic heterocycles. The van der Waals surface area contributed by atoms with Gasteiger partial charge < -0.3 is 0 Å². The zero-order valence-electron chi connectivity index (χ0n) is 5.22. The van der Waals surface area contributed by atoms with Crippen molar-refractivity contribution in [3.63, 3.8) is 0 Å². The van der Waals surface area contributed by atoms with Crippen LogP contribution in [-0.4, -0.2) is 14.8 Å². The van der Waals surface area contributed by atoms with Gasteiger partial charge in [-0.15, -0.1) is 0 Å².